The summed E-state index contributed by atoms with van der Waals surface area (Å²) in [5, 5.41) is 12.4. The Morgan fingerprint density at radius 3 is 2.31 bits per heavy atom. The molecule has 3 fully saturated rings. The molecule has 2 aromatic carbocycles. The second-order valence-electron chi connectivity index (χ2n) is 10.8. The monoisotopic (exact) mass is 474 g/mol. The van der Waals surface area contributed by atoms with Crippen LogP contribution in [0.5, 0.6) is 0 Å². The molecule has 2 amide bonds. The molecule has 4 aliphatic rings. The Balaban J connectivity index is 1.06. The first kappa shape index (κ1) is 22.1. The Labute approximate surface area is 204 Å². The fourth-order valence-electron chi connectivity index (χ4n) is 6.84. The van der Waals surface area contributed by atoms with Crippen molar-refractivity contribution in [2.45, 2.75) is 38.1 Å². The van der Waals surface area contributed by atoms with Gasteiger partial charge in [0.25, 0.3) is 0 Å². The third-order valence-electron chi connectivity index (χ3n) is 8.72. The average molecular weight is 475 g/mol. The van der Waals surface area contributed by atoms with Gasteiger partial charge in [0.05, 0.1) is 11.3 Å². The normalized spacial score (nSPS) is 30.4. The molecule has 0 bridgehead atoms. The van der Waals surface area contributed by atoms with Gasteiger partial charge in [-0.05, 0) is 53.4 Å². The summed E-state index contributed by atoms with van der Waals surface area (Å²) in [6.45, 7) is 2.94. The molecule has 35 heavy (non-hydrogen) atoms. The van der Waals surface area contributed by atoms with Gasteiger partial charge in [-0.15, -0.1) is 0 Å². The Hall–Kier alpha value is -3.35. The largest absolute Gasteiger partial charge is 0.481 e. The van der Waals surface area contributed by atoms with Crippen LogP contribution in [0.1, 0.15) is 43.2 Å². The van der Waals surface area contributed by atoms with Crippen molar-refractivity contribution in [2.75, 3.05) is 19.7 Å². The average Bonchev–Trinajstić information content (AvgIpc) is 3.12. The number of hydrogen-bond donors (Lipinski definition) is 2. The fourth-order valence-corrected chi connectivity index (χ4v) is 6.84. The smallest absolute Gasteiger partial charge is 0.407 e. The van der Waals surface area contributed by atoms with E-state index < -0.39 is 23.4 Å². The minimum absolute atomic E-state index is 0.0115. The number of rotatable bonds is 5. The number of hydrogen-bond acceptors (Lipinski definition) is 4. The molecule has 0 radical (unpaired) electrons. The molecule has 7 nitrogen and oxygen atoms in total. The lowest BCUT2D eigenvalue weighted by atomic mass is 9.98. The second kappa shape index (κ2) is 8.11. The van der Waals surface area contributed by atoms with Gasteiger partial charge in [-0.25, -0.2) is 4.79 Å². The van der Waals surface area contributed by atoms with Crippen LogP contribution in [-0.4, -0.2) is 53.7 Å². The summed E-state index contributed by atoms with van der Waals surface area (Å²) in [6.07, 6.45) is 1.75. The summed E-state index contributed by atoms with van der Waals surface area (Å²) in [5.74, 6) is -1.04. The molecule has 2 aromatic rings. The van der Waals surface area contributed by atoms with Gasteiger partial charge >= 0.3 is 12.1 Å². The molecule has 5 atom stereocenters. The maximum Gasteiger partial charge on any atom is 0.407 e. The van der Waals surface area contributed by atoms with E-state index in [9.17, 15) is 19.5 Å². The lowest BCUT2D eigenvalue weighted by Crippen LogP contribution is -2.39. The summed E-state index contributed by atoms with van der Waals surface area (Å²) >= 11 is 0. The molecule has 182 valence electrons. The highest BCUT2D eigenvalue weighted by Crippen LogP contribution is 2.64. The Bertz CT molecular complexity index is 1170. The van der Waals surface area contributed by atoms with E-state index in [0.717, 1.165) is 12.8 Å². The first-order valence-electron chi connectivity index (χ1n) is 12.5. The number of ether oxygens (including phenoxy) is 1. The quantitative estimate of drug-likeness (QED) is 0.686. The minimum Gasteiger partial charge on any atom is -0.481 e. The Kier molecular flexibility index (Phi) is 5.13. The van der Waals surface area contributed by atoms with Crippen LogP contribution in [0.2, 0.25) is 0 Å². The molecule has 2 N–H and O–H groups in total. The summed E-state index contributed by atoms with van der Waals surface area (Å²) in [7, 11) is 0. The van der Waals surface area contributed by atoms with E-state index in [0.29, 0.717) is 13.0 Å². The van der Waals surface area contributed by atoms with Gasteiger partial charge < -0.3 is 20.1 Å². The zero-order chi connectivity index (χ0) is 24.3. The predicted molar refractivity (Wildman–Crippen MR) is 129 cm³/mol. The van der Waals surface area contributed by atoms with Crippen molar-refractivity contribution in [3.8, 4) is 11.1 Å². The number of nitrogens with one attached hydrogen (secondary N) is 1. The number of amides is 2. The molecule has 2 unspecified atom stereocenters. The number of benzene rings is 2. The zero-order valence-electron chi connectivity index (χ0n) is 19.8. The minimum atomic E-state index is -0.834. The van der Waals surface area contributed by atoms with Gasteiger partial charge in [0.2, 0.25) is 5.91 Å². The molecule has 3 aliphatic carbocycles. The highest BCUT2D eigenvalue weighted by Gasteiger charge is 2.66. The van der Waals surface area contributed by atoms with Crippen LogP contribution in [0, 0.1) is 23.2 Å². The maximum atomic E-state index is 13.3. The number of carboxylic acids is 1. The van der Waals surface area contributed by atoms with Gasteiger partial charge in [-0.1, -0.05) is 55.5 Å². The summed E-state index contributed by atoms with van der Waals surface area (Å²) in [5.41, 5.74) is 4.29. The standard InChI is InChI=1S/C28H30N2O5/c1-16-13-30(14-23(16)25(31)32)26(33)28-11-17(28)10-18(12-28)29-27(34)35-15-24-21-8-4-2-6-19(21)20-7-3-5-9-22(20)24/h2-9,16-18,23-24H,10-15H2,1H3,(H,29,34)(H,31,32)/t16?,17-,18+,23?,28+/m1/s1. The lowest BCUT2D eigenvalue weighted by molar-refractivity contribution is -0.142. The number of nitrogens with zero attached hydrogens (tertiary/aromatic N) is 1. The number of carboxylic acid groups (broad SMARTS) is 1. The number of carbonyl (C=O) groups is 3. The van der Waals surface area contributed by atoms with E-state index in [-0.39, 0.29) is 42.9 Å². The molecule has 0 spiro atoms. The van der Waals surface area contributed by atoms with Crippen LogP contribution >= 0.6 is 0 Å². The SMILES string of the molecule is CC1CN(C(=O)[C@@]23C[C@@H](NC(=O)OCC4c5ccccc5-c5ccccc54)C[C@@H]2C3)CC1C(=O)O. The number of alkyl carbamates (subject to hydrolysis) is 1. The Morgan fingerprint density at radius 2 is 1.69 bits per heavy atom. The first-order chi connectivity index (χ1) is 16.9. The molecular formula is C28H30N2O5. The van der Waals surface area contributed by atoms with Crippen LogP contribution in [0.15, 0.2) is 48.5 Å². The van der Waals surface area contributed by atoms with Crippen molar-refractivity contribution in [3.63, 3.8) is 0 Å². The second-order valence-corrected chi connectivity index (χ2v) is 10.8. The number of fused-ring (bicyclic) bond motifs is 4. The fraction of sp³-hybridized carbons (Fsp3) is 0.464. The third kappa shape index (κ3) is 3.60. The van der Waals surface area contributed by atoms with Crippen molar-refractivity contribution in [2.24, 2.45) is 23.2 Å². The van der Waals surface area contributed by atoms with Crippen molar-refractivity contribution >= 4 is 18.0 Å². The van der Waals surface area contributed by atoms with E-state index in [1.807, 2.05) is 31.2 Å². The number of likely N-dealkylation sites (tertiary alicyclic amines) is 1. The van der Waals surface area contributed by atoms with Crippen molar-refractivity contribution in [1.29, 1.82) is 0 Å². The number of aliphatic carboxylic acids is 1. The molecule has 6 rings (SSSR count). The molecule has 2 saturated carbocycles. The van der Waals surface area contributed by atoms with Crippen LogP contribution in [0.3, 0.4) is 0 Å². The van der Waals surface area contributed by atoms with Gasteiger partial charge in [-0.2, -0.15) is 0 Å². The van der Waals surface area contributed by atoms with Gasteiger partial charge in [0.1, 0.15) is 6.61 Å². The highest BCUT2D eigenvalue weighted by molar-refractivity contribution is 5.88. The van der Waals surface area contributed by atoms with Crippen LogP contribution in [0.4, 0.5) is 4.79 Å². The summed E-state index contributed by atoms with van der Waals surface area (Å²) in [4.78, 5) is 39.2. The zero-order valence-corrected chi connectivity index (χ0v) is 19.8. The van der Waals surface area contributed by atoms with E-state index in [4.69, 9.17) is 4.74 Å². The molecular weight excluding hydrogens is 444 g/mol. The van der Waals surface area contributed by atoms with Crippen LogP contribution in [0.25, 0.3) is 11.1 Å². The molecule has 1 saturated heterocycles. The lowest BCUT2D eigenvalue weighted by Gasteiger charge is -2.23. The van der Waals surface area contributed by atoms with Gasteiger partial charge in [-0.3, -0.25) is 9.59 Å². The predicted octanol–water partition coefficient (Wildman–Crippen LogP) is 3.87. The van der Waals surface area contributed by atoms with Crippen molar-refractivity contribution in [1.82, 2.24) is 10.2 Å². The molecule has 7 heteroatoms. The summed E-state index contributed by atoms with van der Waals surface area (Å²) in [6, 6.07) is 16.4. The van der Waals surface area contributed by atoms with E-state index in [2.05, 4.69) is 29.6 Å². The molecule has 0 aromatic heterocycles. The van der Waals surface area contributed by atoms with E-state index in [1.54, 1.807) is 4.90 Å². The first-order valence-corrected chi connectivity index (χ1v) is 12.5. The third-order valence-corrected chi connectivity index (χ3v) is 8.72. The van der Waals surface area contributed by atoms with E-state index >= 15 is 0 Å². The maximum absolute atomic E-state index is 13.3. The molecule has 1 aliphatic heterocycles. The highest BCUT2D eigenvalue weighted by atomic mass is 16.5. The van der Waals surface area contributed by atoms with Gasteiger partial charge in [0.15, 0.2) is 0 Å². The topological polar surface area (TPSA) is 95.9 Å². The summed E-state index contributed by atoms with van der Waals surface area (Å²) < 4.78 is 5.69. The Morgan fingerprint density at radius 1 is 1.03 bits per heavy atom. The number of carbonyl (C=O) groups excluding carboxylic acids is 2. The van der Waals surface area contributed by atoms with Crippen LogP contribution in [-0.2, 0) is 14.3 Å². The van der Waals surface area contributed by atoms with E-state index in [1.165, 1.54) is 22.3 Å². The van der Waals surface area contributed by atoms with Crippen molar-refractivity contribution in [3.05, 3.63) is 59.7 Å². The van der Waals surface area contributed by atoms with Gasteiger partial charge in [0, 0.05) is 25.0 Å². The molecule has 1 heterocycles. The van der Waals surface area contributed by atoms with Crippen molar-refractivity contribution < 1.29 is 24.2 Å². The van der Waals surface area contributed by atoms with Crippen LogP contribution < -0.4 is 5.32 Å².